The van der Waals surface area contributed by atoms with Gasteiger partial charge in [0.1, 0.15) is 0 Å². The fourth-order valence-corrected chi connectivity index (χ4v) is 3.95. The lowest BCUT2D eigenvalue weighted by Gasteiger charge is -2.33. The van der Waals surface area contributed by atoms with E-state index in [1.54, 1.807) is 12.1 Å². The number of nitrogens with one attached hydrogen (secondary N) is 2. The minimum atomic E-state index is -0.189. The summed E-state index contributed by atoms with van der Waals surface area (Å²) >= 11 is 0. The van der Waals surface area contributed by atoms with E-state index in [1.165, 1.54) is 4.90 Å². The Morgan fingerprint density at radius 1 is 1.12 bits per heavy atom. The average Bonchev–Trinajstić information content (AvgIpc) is 3.34. The molecule has 1 saturated heterocycles. The third-order valence-corrected chi connectivity index (χ3v) is 5.43. The maximum Gasteiger partial charge on any atom is 0.261 e. The lowest BCUT2D eigenvalue weighted by molar-refractivity contribution is 0.0516. The van der Waals surface area contributed by atoms with Gasteiger partial charge in [0.25, 0.3) is 11.8 Å². The van der Waals surface area contributed by atoms with E-state index < -0.39 is 0 Å². The Bertz CT molecular complexity index is 959. The molecule has 2 N–H and O–H groups in total. The number of piperidine rings is 1. The van der Waals surface area contributed by atoms with Gasteiger partial charge in [-0.25, -0.2) is 4.98 Å². The molecule has 7 nitrogen and oxygen atoms in total. The van der Waals surface area contributed by atoms with Crippen molar-refractivity contribution >= 4 is 22.8 Å². The van der Waals surface area contributed by atoms with E-state index in [0.717, 1.165) is 37.1 Å². The Hall–Kier alpha value is -2.93. The third-order valence-electron chi connectivity index (χ3n) is 5.43. The topological polar surface area (TPSA) is 85.1 Å². The van der Waals surface area contributed by atoms with Gasteiger partial charge in [0.15, 0.2) is 5.82 Å². The smallest absolute Gasteiger partial charge is 0.261 e. The second kappa shape index (κ2) is 5.54. The van der Waals surface area contributed by atoms with Crippen molar-refractivity contribution in [3.8, 4) is 11.5 Å². The van der Waals surface area contributed by atoms with Crippen molar-refractivity contribution in [3.05, 3.63) is 41.6 Å². The van der Waals surface area contributed by atoms with Gasteiger partial charge >= 0.3 is 0 Å². The zero-order valence-corrected chi connectivity index (χ0v) is 14.5. The summed E-state index contributed by atoms with van der Waals surface area (Å²) in [5, 5.41) is 0. The number of fused-ring (bicyclic) bond motifs is 2. The predicted molar refractivity (Wildman–Crippen MR) is 96.9 cm³/mol. The number of likely N-dealkylation sites (tertiary alicyclic amines) is 1. The maximum atomic E-state index is 12.9. The van der Waals surface area contributed by atoms with E-state index in [9.17, 15) is 9.59 Å². The van der Waals surface area contributed by atoms with Crippen molar-refractivity contribution in [2.24, 2.45) is 0 Å². The number of imide groups is 1. The molecule has 2 aliphatic rings. The number of aromatic nitrogens is 3. The molecule has 5 rings (SSSR count). The highest BCUT2D eigenvalue weighted by molar-refractivity contribution is 6.23. The summed E-state index contributed by atoms with van der Waals surface area (Å²) in [4.78, 5) is 40.4. The van der Waals surface area contributed by atoms with Gasteiger partial charge in [-0.3, -0.25) is 14.5 Å². The van der Waals surface area contributed by atoms with E-state index in [4.69, 9.17) is 0 Å². The molecule has 0 aliphatic carbocycles. The van der Waals surface area contributed by atoms with Crippen molar-refractivity contribution in [2.75, 3.05) is 20.1 Å². The average molecular weight is 349 g/mol. The summed E-state index contributed by atoms with van der Waals surface area (Å²) in [7, 11) is 2.06. The molecule has 0 spiro atoms. The number of carbonyl (C=O) groups is 2. The predicted octanol–water partition coefficient (Wildman–Crippen LogP) is 2.25. The molecule has 2 aromatic heterocycles. The SMILES string of the molecule is CN1CCC(N2C(=O)c3cc4nc(-c5ccc[nH]5)[nH]c4cc3C2=O)CC1. The van der Waals surface area contributed by atoms with Gasteiger partial charge in [-0.15, -0.1) is 0 Å². The Morgan fingerprint density at radius 2 is 1.85 bits per heavy atom. The summed E-state index contributed by atoms with van der Waals surface area (Å²) in [5.41, 5.74) is 3.26. The largest absolute Gasteiger partial charge is 0.359 e. The van der Waals surface area contributed by atoms with Crippen molar-refractivity contribution in [2.45, 2.75) is 18.9 Å². The fraction of sp³-hybridized carbons (Fsp3) is 0.316. The Balaban J connectivity index is 1.52. The van der Waals surface area contributed by atoms with Crippen LogP contribution in [0.15, 0.2) is 30.5 Å². The highest BCUT2D eigenvalue weighted by atomic mass is 16.2. The molecule has 7 heteroatoms. The molecule has 4 heterocycles. The van der Waals surface area contributed by atoms with Crippen LogP contribution in [0, 0.1) is 0 Å². The van der Waals surface area contributed by atoms with Crippen molar-refractivity contribution in [3.63, 3.8) is 0 Å². The zero-order chi connectivity index (χ0) is 17.8. The number of aromatic amines is 2. The molecule has 0 saturated carbocycles. The van der Waals surface area contributed by atoms with Crippen molar-refractivity contribution in [1.82, 2.24) is 24.8 Å². The van der Waals surface area contributed by atoms with Gasteiger partial charge in [0.2, 0.25) is 0 Å². The molecule has 132 valence electrons. The molecule has 0 bridgehead atoms. The van der Waals surface area contributed by atoms with Crippen LogP contribution in [0.4, 0.5) is 0 Å². The van der Waals surface area contributed by atoms with Crippen LogP contribution in [0.2, 0.25) is 0 Å². The van der Waals surface area contributed by atoms with E-state index in [-0.39, 0.29) is 17.9 Å². The molecule has 0 atom stereocenters. The molecule has 0 unspecified atom stereocenters. The van der Waals surface area contributed by atoms with Crippen LogP contribution in [0.5, 0.6) is 0 Å². The number of hydrogen-bond acceptors (Lipinski definition) is 4. The van der Waals surface area contributed by atoms with E-state index in [1.807, 2.05) is 18.3 Å². The Labute approximate surface area is 150 Å². The van der Waals surface area contributed by atoms with Crippen LogP contribution in [0.3, 0.4) is 0 Å². The molecule has 2 amide bonds. The van der Waals surface area contributed by atoms with Crippen molar-refractivity contribution in [1.29, 1.82) is 0 Å². The fourth-order valence-electron chi connectivity index (χ4n) is 3.95. The van der Waals surface area contributed by atoms with Gasteiger partial charge < -0.3 is 14.9 Å². The number of hydrogen-bond donors (Lipinski definition) is 2. The maximum absolute atomic E-state index is 12.9. The number of imidazole rings is 1. The van der Waals surface area contributed by atoms with Crippen LogP contribution >= 0.6 is 0 Å². The molecule has 1 fully saturated rings. The first-order valence-electron chi connectivity index (χ1n) is 8.86. The van der Waals surface area contributed by atoms with Crippen LogP contribution in [-0.4, -0.2) is 62.7 Å². The monoisotopic (exact) mass is 349 g/mol. The first-order chi connectivity index (χ1) is 12.6. The van der Waals surface area contributed by atoms with Gasteiger partial charge in [0, 0.05) is 12.2 Å². The Morgan fingerprint density at radius 3 is 2.54 bits per heavy atom. The molecular weight excluding hydrogens is 330 g/mol. The highest BCUT2D eigenvalue weighted by Crippen LogP contribution is 2.31. The summed E-state index contributed by atoms with van der Waals surface area (Å²) in [6.45, 7) is 1.81. The van der Waals surface area contributed by atoms with Crippen LogP contribution in [-0.2, 0) is 0 Å². The van der Waals surface area contributed by atoms with Gasteiger partial charge in [-0.2, -0.15) is 0 Å². The van der Waals surface area contributed by atoms with Crippen LogP contribution < -0.4 is 0 Å². The third kappa shape index (κ3) is 2.20. The van der Waals surface area contributed by atoms with Crippen molar-refractivity contribution < 1.29 is 9.59 Å². The first kappa shape index (κ1) is 15.3. The second-order valence-corrected chi connectivity index (χ2v) is 7.10. The number of H-pyrrole nitrogens is 2. The van der Waals surface area contributed by atoms with Gasteiger partial charge in [0.05, 0.1) is 27.9 Å². The molecule has 3 aromatic rings. The van der Waals surface area contributed by atoms with Crippen LogP contribution in [0.25, 0.3) is 22.6 Å². The van der Waals surface area contributed by atoms with E-state index in [2.05, 4.69) is 26.9 Å². The Kier molecular flexibility index (Phi) is 3.27. The molecule has 2 aliphatic heterocycles. The number of benzene rings is 1. The quantitative estimate of drug-likeness (QED) is 0.695. The normalized spacial score (nSPS) is 18.9. The summed E-state index contributed by atoms with van der Waals surface area (Å²) in [6.07, 6.45) is 3.49. The highest BCUT2D eigenvalue weighted by Gasteiger charge is 2.41. The zero-order valence-electron chi connectivity index (χ0n) is 14.5. The van der Waals surface area contributed by atoms with E-state index in [0.29, 0.717) is 22.5 Å². The van der Waals surface area contributed by atoms with Crippen LogP contribution in [0.1, 0.15) is 33.6 Å². The molecule has 0 radical (unpaired) electrons. The molecule has 26 heavy (non-hydrogen) atoms. The number of carbonyl (C=O) groups excluding carboxylic acids is 2. The number of amides is 2. The molecular formula is C19H19N5O2. The summed E-state index contributed by atoms with van der Waals surface area (Å²) in [5.74, 6) is 0.323. The summed E-state index contributed by atoms with van der Waals surface area (Å²) < 4.78 is 0. The van der Waals surface area contributed by atoms with E-state index >= 15 is 0 Å². The first-order valence-corrected chi connectivity index (χ1v) is 8.86. The minimum Gasteiger partial charge on any atom is -0.359 e. The van der Waals surface area contributed by atoms with Gasteiger partial charge in [-0.1, -0.05) is 0 Å². The summed E-state index contributed by atoms with van der Waals surface area (Å²) in [6, 6.07) is 7.31. The lowest BCUT2D eigenvalue weighted by Crippen LogP contribution is -2.46. The second-order valence-electron chi connectivity index (χ2n) is 7.10. The lowest BCUT2D eigenvalue weighted by atomic mass is 10.0. The standard InChI is InChI=1S/C19H19N5O2/c1-23-7-4-11(5-8-23)24-18(25)12-9-15-16(10-13(12)19(24)26)22-17(21-15)14-3-2-6-20-14/h2-3,6,9-11,20H,4-5,7-8H2,1H3,(H,21,22). The van der Waals surface area contributed by atoms with Gasteiger partial charge in [-0.05, 0) is 57.2 Å². The molecule has 1 aromatic carbocycles. The number of nitrogens with zero attached hydrogens (tertiary/aromatic N) is 3. The number of rotatable bonds is 2. The minimum absolute atomic E-state index is 0.0145.